The van der Waals surface area contributed by atoms with E-state index in [0.717, 1.165) is 12.1 Å². The zero-order valence-corrected chi connectivity index (χ0v) is 9.35. The van der Waals surface area contributed by atoms with Crippen LogP contribution in [0, 0.1) is 0 Å². The van der Waals surface area contributed by atoms with E-state index >= 15 is 0 Å². The average molecular weight is 252 g/mol. The normalized spacial score (nSPS) is 13.3. The molecule has 2 N–H and O–H groups in total. The van der Waals surface area contributed by atoms with E-state index in [-0.39, 0.29) is 0 Å². The summed E-state index contributed by atoms with van der Waals surface area (Å²) >= 11 is 0. The first-order chi connectivity index (χ1) is 8.48. The molecule has 0 saturated carbocycles. The van der Waals surface area contributed by atoms with Crippen molar-refractivity contribution >= 4 is 0 Å². The topological polar surface area (TPSA) is 38.9 Å². The van der Waals surface area contributed by atoms with Gasteiger partial charge in [-0.15, -0.1) is 0 Å². The molecule has 5 heteroatoms. The molecule has 2 rings (SSSR count). The predicted molar refractivity (Wildman–Crippen MR) is 61.7 cm³/mol. The highest BCUT2D eigenvalue weighted by atomic mass is 19.4. The largest absolute Gasteiger partial charge is 0.416 e. The lowest BCUT2D eigenvalue weighted by Gasteiger charge is -2.14. The van der Waals surface area contributed by atoms with Gasteiger partial charge in [-0.3, -0.25) is 4.98 Å². The summed E-state index contributed by atoms with van der Waals surface area (Å²) < 4.78 is 37.7. The lowest BCUT2D eigenvalue weighted by molar-refractivity contribution is -0.137. The molecule has 0 aliphatic heterocycles. The SMILES string of the molecule is N[C@H](c1cccnc1)c1cccc(C(F)(F)F)c1. The summed E-state index contributed by atoms with van der Waals surface area (Å²) in [6.07, 6.45) is -1.22. The molecule has 94 valence electrons. The number of hydrogen-bond donors (Lipinski definition) is 1. The molecule has 18 heavy (non-hydrogen) atoms. The first-order valence-corrected chi connectivity index (χ1v) is 5.31. The summed E-state index contributed by atoms with van der Waals surface area (Å²) in [7, 11) is 0. The highest BCUT2D eigenvalue weighted by molar-refractivity contribution is 5.33. The molecule has 1 atom stereocenters. The van der Waals surface area contributed by atoms with Gasteiger partial charge in [-0.1, -0.05) is 18.2 Å². The fourth-order valence-corrected chi connectivity index (χ4v) is 1.66. The molecule has 0 amide bonds. The molecule has 0 aliphatic rings. The first kappa shape index (κ1) is 12.6. The number of pyridine rings is 1. The summed E-state index contributed by atoms with van der Waals surface area (Å²) in [5.41, 5.74) is 6.32. The van der Waals surface area contributed by atoms with Crippen molar-refractivity contribution in [3.8, 4) is 0 Å². The molecule has 1 heterocycles. The molecule has 0 saturated heterocycles. The molecule has 2 aromatic rings. The zero-order valence-electron chi connectivity index (χ0n) is 9.35. The van der Waals surface area contributed by atoms with Crippen molar-refractivity contribution in [3.63, 3.8) is 0 Å². The minimum absolute atomic E-state index is 0.415. The number of halogens is 3. The van der Waals surface area contributed by atoms with Crippen LogP contribution in [0.4, 0.5) is 13.2 Å². The van der Waals surface area contributed by atoms with Gasteiger partial charge in [0, 0.05) is 12.4 Å². The van der Waals surface area contributed by atoms with Crippen LogP contribution in [-0.4, -0.2) is 4.98 Å². The van der Waals surface area contributed by atoms with Crippen molar-refractivity contribution in [2.24, 2.45) is 5.73 Å². The van der Waals surface area contributed by atoms with E-state index in [9.17, 15) is 13.2 Å². The van der Waals surface area contributed by atoms with E-state index in [1.807, 2.05) is 0 Å². The van der Waals surface area contributed by atoms with Crippen molar-refractivity contribution in [3.05, 3.63) is 65.5 Å². The minimum atomic E-state index is -4.36. The number of nitrogens with zero attached hydrogens (tertiary/aromatic N) is 1. The molecular formula is C13H11F3N2. The van der Waals surface area contributed by atoms with Gasteiger partial charge in [-0.25, -0.2) is 0 Å². The number of aromatic nitrogens is 1. The Bertz CT molecular complexity index is 523. The first-order valence-electron chi connectivity index (χ1n) is 5.31. The van der Waals surface area contributed by atoms with Gasteiger partial charge in [-0.05, 0) is 29.3 Å². The van der Waals surface area contributed by atoms with E-state index in [0.29, 0.717) is 11.1 Å². The molecule has 0 unspecified atom stereocenters. The third-order valence-electron chi connectivity index (χ3n) is 2.62. The maximum atomic E-state index is 12.6. The molecule has 1 aromatic heterocycles. The Hall–Kier alpha value is -1.88. The monoisotopic (exact) mass is 252 g/mol. The Morgan fingerprint density at radius 3 is 2.39 bits per heavy atom. The molecule has 0 radical (unpaired) electrons. The molecule has 2 nitrogen and oxygen atoms in total. The minimum Gasteiger partial charge on any atom is -0.320 e. The summed E-state index contributed by atoms with van der Waals surface area (Å²) in [5.74, 6) is 0. The average Bonchev–Trinajstić information content (AvgIpc) is 2.38. The van der Waals surface area contributed by atoms with Crippen molar-refractivity contribution in [1.82, 2.24) is 4.98 Å². The van der Waals surface area contributed by atoms with E-state index in [2.05, 4.69) is 4.98 Å². The second kappa shape index (κ2) is 4.78. The van der Waals surface area contributed by atoms with Crippen molar-refractivity contribution < 1.29 is 13.2 Å². The van der Waals surface area contributed by atoms with Crippen molar-refractivity contribution in [2.45, 2.75) is 12.2 Å². The number of alkyl halides is 3. The Labute approximate surface area is 102 Å². The van der Waals surface area contributed by atoms with Gasteiger partial charge in [0.15, 0.2) is 0 Å². The lowest BCUT2D eigenvalue weighted by atomic mass is 9.99. The molecule has 0 fully saturated rings. The van der Waals surface area contributed by atoms with Gasteiger partial charge >= 0.3 is 6.18 Å². The maximum Gasteiger partial charge on any atom is 0.416 e. The van der Waals surface area contributed by atoms with Crippen LogP contribution in [0.5, 0.6) is 0 Å². The van der Waals surface area contributed by atoms with Gasteiger partial charge in [-0.2, -0.15) is 13.2 Å². The van der Waals surface area contributed by atoms with E-state index in [1.165, 1.54) is 6.07 Å². The number of hydrogen-bond acceptors (Lipinski definition) is 2. The lowest BCUT2D eigenvalue weighted by Crippen LogP contribution is -2.13. The van der Waals surface area contributed by atoms with Gasteiger partial charge in [0.25, 0.3) is 0 Å². The number of nitrogens with two attached hydrogens (primary N) is 1. The summed E-state index contributed by atoms with van der Waals surface area (Å²) in [4.78, 5) is 3.90. The van der Waals surface area contributed by atoms with Crippen LogP contribution < -0.4 is 5.73 Å². The second-order valence-corrected chi connectivity index (χ2v) is 3.89. The molecule has 0 aliphatic carbocycles. The van der Waals surface area contributed by atoms with Crippen LogP contribution in [0.25, 0.3) is 0 Å². The Morgan fingerprint density at radius 2 is 1.78 bits per heavy atom. The molecular weight excluding hydrogens is 241 g/mol. The van der Waals surface area contributed by atoms with Gasteiger partial charge in [0.1, 0.15) is 0 Å². The second-order valence-electron chi connectivity index (χ2n) is 3.89. The van der Waals surface area contributed by atoms with Crippen LogP contribution in [-0.2, 0) is 6.18 Å². The van der Waals surface area contributed by atoms with Crippen molar-refractivity contribution in [2.75, 3.05) is 0 Å². The Balaban J connectivity index is 2.35. The van der Waals surface area contributed by atoms with E-state index in [4.69, 9.17) is 5.73 Å². The van der Waals surface area contributed by atoms with Gasteiger partial charge < -0.3 is 5.73 Å². The molecule has 1 aromatic carbocycles. The highest BCUT2D eigenvalue weighted by Crippen LogP contribution is 2.31. The van der Waals surface area contributed by atoms with Crippen molar-refractivity contribution in [1.29, 1.82) is 0 Å². The molecule has 0 spiro atoms. The smallest absolute Gasteiger partial charge is 0.320 e. The Morgan fingerprint density at radius 1 is 1.06 bits per heavy atom. The maximum absolute atomic E-state index is 12.6. The van der Waals surface area contributed by atoms with Gasteiger partial charge in [0.2, 0.25) is 0 Å². The quantitative estimate of drug-likeness (QED) is 0.891. The van der Waals surface area contributed by atoms with E-state index in [1.54, 1.807) is 30.6 Å². The highest BCUT2D eigenvalue weighted by Gasteiger charge is 2.30. The zero-order chi connectivity index (χ0) is 13.2. The summed E-state index contributed by atoms with van der Waals surface area (Å²) in [6, 6.07) is 7.85. The third kappa shape index (κ3) is 2.68. The third-order valence-corrected chi connectivity index (χ3v) is 2.62. The van der Waals surface area contributed by atoms with Crippen LogP contribution >= 0.6 is 0 Å². The Kier molecular flexibility index (Phi) is 3.34. The van der Waals surface area contributed by atoms with E-state index < -0.39 is 17.8 Å². The predicted octanol–water partition coefficient (Wildman–Crippen LogP) is 3.15. The summed E-state index contributed by atoms with van der Waals surface area (Å²) in [5, 5.41) is 0. The summed E-state index contributed by atoms with van der Waals surface area (Å²) in [6.45, 7) is 0. The van der Waals surface area contributed by atoms with Crippen LogP contribution in [0.15, 0.2) is 48.8 Å². The van der Waals surface area contributed by atoms with Crippen LogP contribution in [0.3, 0.4) is 0 Å². The standard InChI is InChI=1S/C13H11F3N2/c14-13(15,16)11-5-1-3-9(7-11)12(17)10-4-2-6-18-8-10/h1-8,12H,17H2/t12-/m0/s1. The van der Waals surface area contributed by atoms with Crippen LogP contribution in [0.2, 0.25) is 0 Å². The van der Waals surface area contributed by atoms with Crippen LogP contribution in [0.1, 0.15) is 22.7 Å². The number of rotatable bonds is 2. The molecule has 0 bridgehead atoms. The van der Waals surface area contributed by atoms with Gasteiger partial charge in [0.05, 0.1) is 11.6 Å². The fraction of sp³-hybridized carbons (Fsp3) is 0.154. The fourth-order valence-electron chi connectivity index (χ4n) is 1.66. The number of benzene rings is 1.